The first kappa shape index (κ1) is 20.6. The molecular weight excluding hydrogens is 418 g/mol. The summed E-state index contributed by atoms with van der Waals surface area (Å²) in [4.78, 5) is 14.1. The number of nitrogens with one attached hydrogen (secondary N) is 2. The van der Waals surface area contributed by atoms with E-state index in [1.807, 2.05) is 62.4 Å². The number of rotatable bonds is 6. The zero-order valence-corrected chi connectivity index (χ0v) is 17.8. The average Bonchev–Trinajstić information content (AvgIpc) is 3.25. The van der Waals surface area contributed by atoms with Crippen LogP contribution in [-0.4, -0.2) is 31.8 Å². The highest BCUT2D eigenvalue weighted by Crippen LogP contribution is 2.31. The predicted molar refractivity (Wildman–Crippen MR) is 121 cm³/mol. The van der Waals surface area contributed by atoms with Crippen molar-refractivity contribution in [2.24, 2.45) is 0 Å². The molecule has 160 valence electrons. The maximum atomic E-state index is 10.8. The minimum atomic E-state index is -0.659. The zero-order chi connectivity index (χ0) is 22.0. The summed E-state index contributed by atoms with van der Waals surface area (Å²) in [5, 5.41) is 17.6. The molecule has 0 aliphatic carbocycles. The number of aryl methyl sites for hydroxylation is 1. The average molecular weight is 439 g/mol. The highest BCUT2D eigenvalue weighted by Gasteiger charge is 2.41. The monoisotopic (exact) mass is 439 g/mol. The van der Waals surface area contributed by atoms with Gasteiger partial charge in [-0.15, -0.1) is 0 Å². The van der Waals surface area contributed by atoms with E-state index in [9.17, 15) is 10.1 Å². The van der Waals surface area contributed by atoms with E-state index in [1.54, 1.807) is 4.57 Å². The quantitative estimate of drug-likeness (QED) is 0.336. The summed E-state index contributed by atoms with van der Waals surface area (Å²) in [5.74, 6) is 0.444. The van der Waals surface area contributed by atoms with Crippen LogP contribution in [0.5, 0.6) is 11.8 Å². The molecule has 1 aromatic heterocycles. The molecule has 2 aromatic carbocycles. The van der Waals surface area contributed by atoms with Crippen LogP contribution < -0.4 is 20.1 Å². The fourth-order valence-corrected chi connectivity index (χ4v) is 3.39. The van der Waals surface area contributed by atoms with Gasteiger partial charge >= 0.3 is 11.8 Å². The molecule has 10 heteroatoms. The van der Waals surface area contributed by atoms with Gasteiger partial charge in [-0.1, -0.05) is 17.7 Å². The zero-order valence-electron chi connectivity index (χ0n) is 17.0. The topological polar surface area (TPSA) is 103 Å². The van der Waals surface area contributed by atoms with Crippen LogP contribution in [0.15, 0.2) is 54.7 Å². The minimum absolute atomic E-state index is 0.226. The normalized spacial score (nSPS) is 16.8. The molecule has 0 bridgehead atoms. The second kappa shape index (κ2) is 8.23. The fourth-order valence-electron chi connectivity index (χ4n) is 3.16. The van der Waals surface area contributed by atoms with Gasteiger partial charge in [0.2, 0.25) is 0 Å². The van der Waals surface area contributed by atoms with Crippen LogP contribution in [0.2, 0.25) is 0 Å². The Kier molecular flexibility index (Phi) is 5.47. The van der Waals surface area contributed by atoms with E-state index in [-0.39, 0.29) is 18.4 Å². The van der Waals surface area contributed by atoms with Crippen molar-refractivity contribution in [3.63, 3.8) is 0 Å². The van der Waals surface area contributed by atoms with Crippen molar-refractivity contribution in [2.45, 2.75) is 26.0 Å². The number of hydrogen-bond donors (Lipinski definition) is 2. The molecule has 0 fully saturated rings. The van der Waals surface area contributed by atoms with Gasteiger partial charge in [0.05, 0.1) is 6.54 Å². The third kappa shape index (κ3) is 4.92. The van der Waals surface area contributed by atoms with Gasteiger partial charge in [-0.05, 0) is 67.4 Å². The molecule has 0 radical (unpaired) electrons. The van der Waals surface area contributed by atoms with E-state index in [1.165, 1.54) is 11.8 Å². The summed E-state index contributed by atoms with van der Waals surface area (Å²) in [6.45, 7) is 4.59. The number of anilines is 2. The van der Waals surface area contributed by atoms with Gasteiger partial charge in [-0.25, -0.2) is 0 Å². The summed E-state index contributed by atoms with van der Waals surface area (Å²) < 4.78 is 13.3. The highest BCUT2D eigenvalue weighted by molar-refractivity contribution is 7.80. The predicted octanol–water partition coefficient (Wildman–Crippen LogP) is 4.14. The molecular formula is C21H21N5O4S. The Bertz CT molecular complexity index is 1090. The molecule has 1 aliphatic rings. The standard InChI is InChI=1S/C21H21N5O4S/c1-14-3-5-15(6-4-14)22-19(31)23-16-7-9-17(10-8-16)29-13-21(2)12-25-11-18(26(27)28)24-20(25)30-21/h3-11H,12-13H2,1-2H3,(H2,22,23,31)/t21-/m1/s1. The third-order valence-corrected chi connectivity index (χ3v) is 4.93. The number of nitro groups is 1. The SMILES string of the molecule is Cc1ccc(NC(=S)Nc2ccc(OC[C@@]3(C)Cn4cc([N+](=O)[O-])nc4O3)cc2)cc1. The fraction of sp³-hybridized carbons (Fsp3) is 0.238. The van der Waals surface area contributed by atoms with Crippen molar-refractivity contribution in [2.75, 3.05) is 17.2 Å². The van der Waals surface area contributed by atoms with Crippen molar-refractivity contribution < 1.29 is 14.4 Å². The van der Waals surface area contributed by atoms with Gasteiger partial charge in [0, 0.05) is 16.4 Å². The Morgan fingerprint density at radius 3 is 2.42 bits per heavy atom. The molecule has 1 aliphatic heterocycles. The van der Waals surface area contributed by atoms with Crippen LogP contribution >= 0.6 is 12.2 Å². The summed E-state index contributed by atoms with van der Waals surface area (Å²) in [6.07, 6.45) is 1.37. The highest BCUT2D eigenvalue weighted by atomic mass is 32.1. The van der Waals surface area contributed by atoms with Crippen molar-refractivity contribution in [1.29, 1.82) is 0 Å². The van der Waals surface area contributed by atoms with Gasteiger partial charge in [0.1, 0.15) is 18.6 Å². The molecule has 9 nitrogen and oxygen atoms in total. The van der Waals surface area contributed by atoms with Gasteiger partial charge in [-0.2, -0.15) is 0 Å². The molecule has 0 saturated heterocycles. The first-order valence-electron chi connectivity index (χ1n) is 9.58. The Morgan fingerprint density at radius 1 is 1.23 bits per heavy atom. The van der Waals surface area contributed by atoms with E-state index < -0.39 is 10.5 Å². The smallest absolute Gasteiger partial charge is 0.415 e. The second-order valence-corrected chi connectivity index (χ2v) is 7.99. The minimum Gasteiger partial charge on any atom is -0.489 e. The Labute approximate surface area is 184 Å². The van der Waals surface area contributed by atoms with Crippen LogP contribution in [0, 0.1) is 17.0 Å². The van der Waals surface area contributed by atoms with Crippen molar-refractivity contribution in [3.05, 3.63) is 70.4 Å². The second-order valence-electron chi connectivity index (χ2n) is 7.58. The Hall–Kier alpha value is -3.66. The molecule has 4 rings (SSSR count). The van der Waals surface area contributed by atoms with E-state index in [2.05, 4.69) is 15.6 Å². The number of nitrogens with zero attached hydrogens (tertiary/aromatic N) is 3. The van der Waals surface area contributed by atoms with Crippen LogP contribution in [0.1, 0.15) is 12.5 Å². The van der Waals surface area contributed by atoms with Crippen LogP contribution in [0.3, 0.4) is 0 Å². The lowest BCUT2D eigenvalue weighted by atomic mass is 10.1. The molecule has 31 heavy (non-hydrogen) atoms. The Balaban J connectivity index is 1.28. The lowest BCUT2D eigenvalue weighted by Gasteiger charge is -2.22. The summed E-state index contributed by atoms with van der Waals surface area (Å²) in [5.41, 5.74) is 2.27. The number of aromatic nitrogens is 2. The van der Waals surface area contributed by atoms with Gasteiger partial charge in [0.15, 0.2) is 10.7 Å². The molecule has 3 aromatic rings. The van der Waals surface area contributed by atoms with Gasteiger partial charge in [0.25, 0.3) is 0 Å². The third-order valence-electron chi connectivity index (χ3n) is 4.72. The molecule has 2 heterocycles. The van der Waals surface area contributed by atoms with Crippen LogP contribution in [0.4, 0.5) is 17.2 Å². The first-order valence-corrected chi connectivity index (χ1v) is 9.99. The summed E-state index contributed by atoms with van der Waals surface area (Å²) >= 11 is 5.35. The van der Waals surface area contributed by atoms with E-state index in [0.717, 1.165) is 11.4 Å². The summed E-state index contributed by atoms with van der Waals surface area (Å²) in [7, 11) is 0. The van der Waals surface area contributed by atoms with Crippen molar-refractivity contribution in [1.82, 2.24) is 9.55 Å². The molecule has 0 saturated carbocycles. The molecule has 0 unspecified atom stereocenters. The number of thiocarbonyl (C=S) groups is 1. The lowest BCUT2D eigenvalue weighted by Crippen LogP contribution is -2.38. The van der Waals surface area contributed by atoms with Gasteiger partial charge in [-0.3, -0.25) is 4.57 Å². The van der Waals surface area contributed by atoms with Crippen molar-refractivity contribution in [3.8, 4) is 11.8 Å². The van der Waals surface area contributed by atoms with E-state index >= 15 is 0 Å². The maximum absolute atomic E-state index is 10.8. The van der Waals surface area contributed by atoms with Crippen LogP contribution in [-0.2, 0) is 6.54 Å². The van der Waals surface area contributed by atoms with E-state index in [0.29, 0.717) is 17.4 Å². The first-order chi connectivity index (χ1) is 14.8. The number of fused-ring (bicyclic) bond motifs is 1. The number of imidazole rings is 1. The number of benzene rings is 2. The maximum Gasteiger partial charge on any atom is 0.415 e. The largest absolute Gasteiger partial charge is 0.489 e. The summed E-state index contributed by atoms with van der Waals surface area (Å²) in [6, 6.07) is 15.6. The molecule has 0 amide bonds. The van der Waals surface area contributed by atoms with Crippen molar-refractivity contribution >= 4 is 34.5 Å². The molecule has 2 N–H and O–H groups in total. The van der Waals surface area contributed by atoms with E-state index in [4.69, 9.17) is 21.7 Å². The lowest BCUT2D eigenvalue weighted by molar-refractivity contribution is -0.389. The molecule has 1 atom stereocenters. The van der Waals surface area contributed by atoms with Crippen LogP contribution in [0.25, 0.3) is 0 Å². The number of hydrogen-bond acceptors (Lipinski definition) is 6. The number of ether oxygens (including phenoxy) is 2. The Morgan fingerprint density at radius 2 is 1.84 bits per heavy atom. The molecule has 0 spiro atoms. The van der Waals surface area contributed by atoms with Gasteiger partial charge < -0.3 is 30.2 Å².